The Hall–Kier alpha value is -5.37. The number of aliphatic hydroxyl groups is 1. The summed E-state index contributed by atoms with van der Waals surface area (Å²) in [6, 6.07) is 27.6. The molecule has 2 N–H and O–H groups in total. The van der Waals surface area contributed by atoms with Crippen molar-refractivity contribution in [2.75, 3.05) is 17.3 Å². The summed E-state index contributed by atoms with van der Waals surface area (Å²) < 4.78 is 11.3. The molecule has 0 spiro atoms. The quantitative estimate of drug-likeness (QED) is 0.151. The van der Waals surface area contributed by atoms with Crippen LogP contribution in [0.3, 0.4) is 0 Å². The predicted octanol–water partition coefficient (Wildman–Crippen LogP) is 6.17. The third-order valence-corrected chi connectivity index (χ3v) is 7.03. The maximum absolute atomic E-state index is 13.5. The fourth-order valence-electron chi connectivity index (χ4n) is 4.96. The summed E-state index contributed by atoms with van der Waals surface area (Å²) in [5.74, 6) is -0.846. The van der Waals surface area contributed by atoms with Crippen molar-refractivity contribution in [2.24, 2.45) is 0 Å². The van der Waals surface area contributed by atoms with E-state index in [1.165, 1.54) is 11.8 Å². The molecule has 1 atom stereocenters. The van der Waals surface area contributed by atoms with Crippen molar-refractivity contribution in [3.05, 3.63) is 125 Å². The molecule has 2 amide bonds. The molecule has 8 heteroatoms. The van der Waals surface area contributed by atoms with Crippen molar-refractivity contribution in [1.29, 1.82) is 0 Å². The Morgan fingerprint density at radius 1 is 0.929 bits per heavy atom. The van der Waals surface area contributed by atoms with Crippen LogP contribution in [0.1, 0.15) is 35.2 Å². The van der Waals surface area contributed by atoms with Gasteiger partial charge < -0.3 is 19.9 Å². The number of Topliss-reactive ketones (excluding diaryl/α,β-unsaturated/α-hetero) is 1. The van der Waals surface area contributed by atoms with Crippen molar-refractivity contribution in [1.82, 2.24) is 0 Å². The highest BCUT2D eigenvalue weighted by atomic mass is 16.5. The minimum atomic E-state index is -0.906. The van der Waals surface area contributed by atoms with Gasteiger partial charge in [0, 0.05) is 23.9 Å². The van der Waals surface area contributed by atoms with E-state index in [0.717, 1.165) is 11.1 Å². The van der Waals surface area contributed by atoms with Gasteiger partial charge in [0.1, 0.15) is 23.9 Å². The van der Waals surface area contributed by atoms with Crippen molar-refractivity contribution in [3.8, 4) is 11.5 Å². The van der Waals surface area contributed by atoms with Crippen LogP contribution >= 0.6 is 0 Å². The molecule has 1 aliphatic heterocycles. The summed E-state index contributed by atoms with van der Waals surface area (Å²) in [6.45, 7) is 3.64. The number of ketones is 1. The molecule has 0 saturated carbocycles. The van der Waals surface area contributed by atoms with Crippen molar-refractivity contribution >= 4 is 34.7 Å². The highest BCUT2D eigenvalue weighted by Gasteiger charge is 2.47. The Morgan fingerprint density at radius 2 is 1.62 bits per heavy atom. The normalized spacial score (nSPS) is 15.9. The Balaban J connectivity index is 1.54. The number of ether oxygens (including phenoxy) is 2. The van der Waals surface area contributed by atoms with Crippen LogP contribution in [0.2, 0.25) is 0 Å². The molecule has 0 aliphatic carbocycles. The van der Waals surface area contributed by atoms with Crippen LogP contribution in [0.5, 0.6) is 11.5 Å². The number of hydrogen-bond donors (Lipinski definition) is 2. The lowest BCUT2D eigenvalue weighted by Gasteiger charge is -2.26. The summed E-state index contributed by atoms with van der Waals surface area (Å²) in [5, 5.41) is 14.2. The van der Waals surface area contributed by atoms with E-state index in [4.69, 9.17) is 9.47 Å². The molecular formula is C34H30N2O6. The van der Waals surface area contributed by atoms with Crippen LogP contribution in [0.15, 0.2) is 103 Å². The second-order valence-corrected chi connectivity index (χ2v) is 9.92. The van der Waals surface area contributed by atoms with Gasteiger partial charge in [-0.1, -0.05) is 42.5 Å². The maximum Gasteiger partial charge on any atom is 0.300 e. The van der Waals surface area contributed by atoms with Crippen LogP contribution in [0.25, 0.3) is 5.76 Å². The molecule has 0 bridgehead atoms. The Bertz CT molecular complexity index is 1660. The molecule has 42 heavy (non-hydrogen) atoms. The number of methoxy groups -OCH3 is 1. The highest BCUT2D eigenvalue weighted by molar-refractivity contribution is 6.51. The molecule has 1 aliphatic rings. The minimum Gasteiger partial charge on any atom is -0.507 e. The molecule has 1 heterocycles. The zero-order valence-electron chi connectivity index (χ0n) is 23.5. The van der Waals surface area contributed by atoms with E-state index in [0.29, 0.717) is 40.6 Å². The van der Waals surface area contributed by atoms with E-state index in [2.05, 4.69) is 5.32 Å². The van der Waals surface area contributed by atoms with Gasteiger partial charge >= 0.3 is 0 Å². The molecule has 1 fully saturated rings. The van der Waals surface area contributed by atoms with E-state index >= 15 is 0 Å². The Labute approximate surface area is 243 Å². The SMILES string of the molecule is COc1ccc(C2/C(=C(/O)c3ccc(OCc4ccccc4)c(C)c3)C(=O)C(=O)N2c2ccc(NC(C)=O)cc2)cc1. The van der Waals surface area contributed by atoms with Crippen LogP contribution in [-0.2, 0) is 21.0 Å². The van der Waals surface area contributed by atoms with Gasteiger partial charge in [0.15, 0.2) is 0 Å². The molecule has 1 saturated heterocycles. The first kappa shape index (κ1) is 28.2. The van der Waals surface area contributed by atoms with Crippen molar-refractivity contribution in [3.63, 3.8) is 0 Å². The average molecular weight is 563 g/mol. The Morgan fingerprint density at radius 3 is 2.24 bits per heavy atom. The fraction of sp³-hybridized carbons (Fsp3) is 0.147. The standard InChI is InChI=1S/C34H30N2O6/c1-21-19-25(11-18-29(21)42-20-23-7-5-4-6-8-23)32(38)30-31(24-9-16-28(41-3)17-10-24)36(34(40)33(30)39)27-14-12-26(13-15-27)35-22(2)37/h4-19,31,38H,20H2,1-3H3,(H,35,37)/b32-30-. The van der Waals surface area contributed by atoms with Crippen molar-refractivity contribution in [2.45, 2.75) is 26.5 Å². The fourth-order valence-corrected chi connectivity index (χ4v) is 4.96. The van der Waals surface area contributed by atoms with Gasteiger partial charge in [-0.15, -0.1) is 0 Å². The molecule has 4 aromatic rings. The molecule has 1 unspecified atom stereocenters. The van der Waals surface area contributed by atoms with E-state index in [-0.39, 0.29) is 17.2 Å². The zero-order chi connectivity index (χ0) is 29.8. The summed E-state index contributed by atoms with van der Waals surface area (Å²) >= 11 is 0. The largest absolute Gasteiger partial charge is 0.507 e. The van der Waals surface area contributed by atoms with E-state index in [1.807, 2.05) is 37.3 Å². The summed E-state index contributed by atoms with van der Waals surface area (Å²) in [4.78, 5) is 39.8. The number of carbonyl (C=O) groups is 3. The number of hydrogen-bond acceptors (Lipinski definition) is 6. The van der Waals surface area contributed by atoms with Gasteiger partial charge in [-0.25, -0.2) is 0 Å². The number of aliphatic hydroxyl groups excluding tert-OH is 1. The molecular weight excluding hydrogens is 532 g/mol. The van der Waals surface area contributed by atoms with E-state index in [1.54, 1.807) is 73.8 Å². The molecule has 212 valence electrons. The van der Waals surface area contributed by atoms with Crippen molar-refractivity contribution < 1.29 is 29.0 Å². The van der Waals surface area contributed by atoms with E-state index < -0.39 is 17.7 Å². The second kappa shape index (κ2) is 12.0. The first-order chi connectivity index (χ1) is 20.3. The van der Waals surface area contributed by atoms with Gasteiger partial charge in [0.2, 0.25) is 5.91 Å². The lowest BCUT2D eigenvalue weighted by Crippen LogP contribution is -2.29. The molecule has 8 nitrogen and oxygen atoms in total. The number of amides is 2. The minimum absolute atomic E-state index is 0.0338. The first-order valence-corrected chi connectivity index (χ1v) is 13.4. The predicted molar refractivity (Wildman–Crippen MR) is 160 cm³/mol. The third-order valence-electron chi connectivity index (χ3n) is 7.03. The smallest absolute Gasteiger partial charge is 0.300 e. The first-order valence-electron chi connectivity index (χ1n) is 13.4. The average Bonchev–Trinajstić information content (AvgIpc) is 3.26. The van der Waals surface area contributed by atoms with Gasteiger partial charge in [-0.05, 0) is 78.2 Å². The zero-order valence-corrected chi connectivity index (χ0v) is 23.5. The lowest BCUT2D eigenvalue weighted by atomic mass is 9.94. The second-order valence-electron chi connectivity index (χ2n) is 9.92. The number of benzene rings is 4. The van der Waals surface area contributed by atoms with Gasteiger partial charge in [-0.2, -0.15) is 0 Å². The summed E-state index contributed by atoms with van der Waals surface area (Å²) in [5.41, 5.74) is 3.74. The van der Waals surface area contributed by atoms with Gasteiger partial charge in [0.25, 0.3) is 11.7 Å². The number of rotatable bonds is 8. The van der Waals surface area contributed by atoms with Gasteiger partial charge in [0.05, 0.1) is 18.7 Å². The van der Waals surface area contributed by atoms with E-state index in [9.17, 15) is 19.5 Å². The lowest BCUT2D eigenvalue weighted by molar-refractivity contribution is -0.132. The number of aryl methyl sites for hydroxylation is 1. The topological polar surface area (TPSA) is 105 Å². The highest BCUT2D eigenvalue weighted by Crippen LogP contribution is 2.43. The molecule has 0 radical (unpaired) electrons. The number of nitrogens with one attached hydrogen (secondary N) is 1. The molecule has 0 aromatic heterocycles. The third kappa shape index (κ3) is 5.74. The summed E-state index contributed by atoms with van der Waals surface area (Å²) in [7, 11) is 1.55. The van der Waals surface area contributed by atoms with Crippen LogP contribution < -0.4 is 19.7 Å². The number of nitrogens with zero attached hydrogens (tertiary/aromatic N) is 1. The van der Waals surface area contributed by atoms with Crippen LogP contribution in [0.4, 0.5) is 11.4 Å². The maximum atomic E-state index is 13.5. The molecule has 4 aromatic carbocycles. The van der Waals surface area contributed by atoms with Crippen LogP contribution in [0, 0.1) is 6.92 Å². The molecule has 5 rings (SSSR count). The Kier molecular flexibility index (Phi) is 8.06. The number of anilines is 2. The number of carbonyl (C=O) groups excluding carboxylic acids is 3. The monoisotopic (exact) mass is 562 g/mol. The van der Waals surface area contributed by atoms with Crippen LogP contribution in [-0.4, -0.2) is 29.8 Å². The summed E-state index contributed by atoms with van der Waals surface area (Å²) in [6.07, 6.45) is 0. The van der Waals surface area contributed by atoms with Gasteiger partial charge in [-0.3, -0.25) is 19.3 Å².